The third kappa shape index (κ3) is 1.78. The van der Waals surface area contributed by atoms with Crippen molar-refractivity contribution in [2.45, 2.75) is 19.4 Å². The molecule has 0 aliphatic carbocycles. The molecular weight excluding hydrogens is 220 g/mol. The number of fused-ring (bicyclic) bond motifs is 1. The lowest BCUT2D eigenvalue weighted by Gasteiger charge is -2.34. The highest BCUT2D eigenvalue weighted by atomic mass is 16.5. The number of carbonyl (C=O) groups excluding carboxylic acids is 1. The lowest BCUT2D eigenvalue weighted by molar-refractivity contribution is 0.102. The van der Waals surface area contributed by atoms with Crippen LogP contribution in [0.25, 0.3) is 0 Å². The number of aryl methyl sites for hydroxylation is 2. The van der Waals surface area contributed by atoms with Crippen molar-refractivity contribution >= 4 is 6.09 Å². The number of carbonyl (C=O) groups is 1. The summed E-state index contributed by atoms with van der Waals surface area (Å²) in [6.07, 6.45) is 0.465. The number of methoxy groups -OCH3 is 1. The second-order valence-electron chi connectivity index (χ2n) is 4.23. The van der Waals surface area contributed by atoms with Crippen molar-refractivity contribution < 1.29 is 9.53 Å². The van der Waals surface area contributed by atoms with Gasteiger partial charge in [0.25, 0.3) is 0 Å². The summed E-state index contributed by atoms with van der Waals surface area (Å²) in [7, 11) is 3.31. The molecule has 6 heteroatoms. The van der Waals surface area contributed by atoms with Gasteiger partial charge in [0.05, 0.1) is 18.8 Å². The molecule has 1 aromatic rings. The predicted octanol–water partition coefficient (Wildman–Crippen LogP) is 0.353. The fourth-order valence-electron chi connectivity index (χ4n) is 2.57. The molecule has 2 N–H and O–H groups in total. The van der Waals surface area contributed by atoms with Crippen LogP contribution in [0.15, 0.2) is 0 Å². The Morgan fingerprint density at radius 1 is 1.65 bits per heavy atom. The Balaban J connectivity index is 2.42. The first-order valence-corrected chi connectivity index (χ1v) is 5.67. The van der Waals surface area contributed by atoms with Gasteiger partial charge in [-0.2, -0.15) is 5.10 Å². The summed E-state index contributed by atoms with van der Waals surface area (Å²) >= 11 is 0. The van der Waals surface area contributed by atoms with Crippen LogP contribution in [0, 0.1) is 6.92 Å². The maximum Gasteiger partial charge on any atom is 0.410 e. The van der Waals surface area contributed by atoms with Crippen molar-refractivity contribution in [2.75, 3.05) is 20.2 Å². The maximum atomic E-state index is 11.7. The van der Waals surface area contributed by atoms with E-state index in [1.807, 2.05) is 18.7 Å². The summed E-state index contributed by atoms with van der Waals surface area (Å²) in [5, 5.41) is 4.39. The normalized spacial score (nSPS) is 19.1. The second kappa shape index (κ2) is 4.37. The van der Waals surface area contributed by atoms with Crippen LogP contribution < -0.4 is 5.73 Å². The number of ether oxygens (including phenoxy) is 1. The Kier molecular flexibility index (Phi) is 3.06. The third-order valence-corrected chi connectivity index (χ3v) is 3.32. The van der Waals surface area contributed by atoms with E-state index in [0.717, 1.165) is 23.4 Å². The van der Waals surface area contributed by atoms with Gasteiger partial charge in [0, 0.05) is 37.8 Å². The maximum absolute atomic E-state index is 11.7. The molecule has 0 saturated carbocycles. The van der Waals surface area contributed by atoms with E-state index in [4.69, 9.17) is 10.5 Å². The predicted molar refractivity (Wildman–Crippen MR) is 62.6 cm³/mol. The SMILES string of the molecule is COC(=O)N1CCc2c(c(C)nn2C)C1CN. The minimum Gasteiger partial charge on any atom is -0.453 e. The van der Waals surface area contributed by atoms with Crippen molar-refractivity contribution in [3.63, 3.8) is 0 Å². The molecule has 0 fully saturated rings. The summed E-state index contributed by atoms with van der Waals surface area (Å²) in [5.41, 5.74) is 8.97. The van der Waals surface area contributed by atoms with Crippen molar-refractivity contribution in [3.05, 3.63) is 17.0 Å². The van der Waals surface area contributed by atoms with E-state index in [-0.39, 0.29) is 12.1 Å². The fraction of sp³-hybridized carbons (Fsp3) is 0.636. The molecule has 0 radical (unpaired) electrons. The number of rotatable bonds is 1. The number of hydrogen-bond donors (Lipinski definition) is 1. The van der Waals surface area contributed by atoms with Crippen molar-refractivity contribution in [3.8, 4) is 0 Å². The van der Waals surface area contributed by atoms with Crippen LogP contribution in [-0.2, 0) is 18.2 Å². The van der Waals surface area contributed by atoms with E-state index in [9.17, 15) is 4.79 Å². The van der Waals surface area contributed by atoms with Gasteiger partial charge in [-0.15, -0.1) is 0 Å². The van der Waals surface area contributed by atoms with Crippen LogP contribution in [-0.4, -0.2) is 41.0 Å². The van der Waals surface area contributed by atoms with Gasteiger partial charge < -0.3 is 10.5 Å². The molecule has 1 aromatic heterocycles. The molecule has 0 spiro atoms. The largest absolute Gasteiger partial charge is 0.453 e. The minimum atomic E-state index is -0.325. The molecule has 2 heterocycles. The Hall–Kier alpha value is -1.56. The molecule has 6 nitrogen and oxygen atoms in total. The summed E-state index contributed by atoms with van der Waals surface area (Å²) in [6.45, 7) is 2.96. The Morgan fingerprint density at radius 3 is 2.94 bits per heavy atom. The van der Waals surface area contributed by atoms with Gasteiger partial charge in [0.2, 0.25) is 0 Å². The van der Waals surface area contributed by atoms with Crippen molar-refractivity contribution in [1.29, 1.82) is 0 Å². The Morgan fingerprint density at radius 2 is 2.35 bits per heavy atom. The molecule has 0 bridgehead atoms. The molecule has 1 atom stereocenters. The average molecular weight is 238 g/mol. The van der Waals surface area contributed by atoms with Gasteiger partial charge in [0.15, 0.2) is 0 Å². The van der Waals surface area contributed by atoms with Crippen molar-refractivity contribution in [2.24, 2.45) is 12.8 Å². The first-order valence-electron chi connectivity index (χ1n) is 5.67. The van der Waals surface area contributed by atoms with E-state index in [1.165, 1.54) is 7.11 Å². The molecule has 2 rings (SSSR count). The molecule has 1 unspecified atom stereocenters. The van der Waals surface area contributed by atoms with E-state index in [0.29, 0.717) is 13.1 Å². The van der Waals surface area contributed by atoms with Crippen LogP contribution in [0.1, 0.15) is 23.0 Å². The first-order chi connectivity index (χ1) is 8.10. The summed E-state index contributed by atoms with van der Waals surface area (Å²) in [4.78, 5) is 13.4. The summed E-state index contributed by atoms with van der Waals surface area (Å²) < 4.78 is 6.66. The quantitative estimate of drug-likeness (QED) is 0.766. The van der Waals surface area contributed by atoms with Crippen LogP contribution in [0.3, 0.4) is 0 Å². The van der Waals surface area contributed by atoms with E-state index in [1.54, 1.807) is 4.90 Å². The molecule has 1 aliphatic rings. The van der Waals surface area contributed by atoms with Gasteiger partial charge >= 0.3 is 6.09 Å². The van der Waals surface area contributed by atoms with E-state index in [2.05, 4.69) is 5.10 Å². The molecule has 0 aromatic carbocycles. The monoisotopic (exact) mass is 238 g/mol. The number of nitrogens with zero attached hydrogens (tertiary/aromatic N) is 3. The lowest BCUT2D eigenvalue weighted by Crippen LogP contribution is -2.43. The molecular formula is C11H18N4O2. The van der Waals surface area contributed by atoms with Gasteiger partial charge in [0.1, 0.15) is 0 Å². The molecule has 1 amide bonds. The van der Waals surface area contributed by atoms with Crippen LogP contribution in [0.2, 0.25) is 0 Å². The first kappa shape index (κ1) is 11.9. The van der Waals surface area contributed by atoms with E-state index >= 15 is 0 Å². The zero-order valence-corrected chi connectivity index (χ0v) is 10.4. The molecule has 1 aliphatic heterocycles. The highest BCUT2D eigenvalue weighted by Gasteiger charge is 2.34. The zero-order chi connectivity index (χ0) is 12.6. The summed E-state index contributed by atoms with van der Waals surface area (Å²) in [6, 6.07) is -0.125. The van der Waals surface area contributed by atoms with Gasteiger partial charge in [-0.3, -0.25) is 9.58 Å². The minimum absolute atomic E-state index is 0.125. The van der Waals surface area contributed by atoms with Gasteiger partial charge in [-0.1, -0.05) is 0 Å². The smallest absolute Gasteiger partial charge is 0.410 e. The van der Waals surface area contributed by atoms with Crippen molar-refractivity contribution in [1.82, 2.24) is 14.7 Å². The Labute approximate surface area is 100 Å². The highest BCUT2D eigenvalue weighted by Crippen LogP contribution is 2.31. The number of hydrogen-bond acceptors (Lipinski definition) is 4. The van der Waals surface area contributed by atoms with Crippen LogP contribution in [0.5, 0.6) is 0 Å². The van der Waals surface area contributed by atoms with E-state index < -0.39 is 0 Å². The van der Waals surface area contributed by atoms with Crippen LogP contribution >= 0.6 is 0 Å². The Bertz CT molecular complexity index is 441. The standard InChI is InChI=1S/C11H18N4O2/c1-7-10-8(14(2)13-7)4-5-15(9(10)6-12)11(16)17-3/h9H,4-6,12H2,1-3H3. The third-order valence-electron chi connectivity index (χ3n) is 3.32. The topological polar surface area (TPSA) is 73.4 Å². The molecule has 94 valence electrons. The average Bonchev–Trinajstić information content (AvgIpc) is 2.63. The number of aromatic nitrogens is 2. The molecule has 17 heavy (non-hydrogen) atoms. The zero-order valence-electron chi connectivity index (χ0n) is 10.4. The second-order valence-corrected chi connectivity index (χ2v) is 4.23. The van der Waals surface area contributed by atoms with Gasteiger partial charge in [-0.25, -0.2) is 4.79 Å². The highest BCUT2D eigenvalue weighted by molar-refractivity contribution is 5.69. The molecule has 0 saturated heterocycles. The number of amides is 1. The van der Waals surface area contributed by atoms with Crippen LogP contribution in [0.4, 0.5) is 4.79 Å². The van der Waals surface area contributed by atoms with Gasteiger partial charge in [-0.05, 0) is 6.92 Å². The fourth-order valence-corrected chi connectivity index (χ4v) is 2.57. The lowest BCUT2D eigenvalue weighted by atomic mass is 9.97. The summed E-state index contributed by atoms with van der Waals surface area (Å²) in [5.74, 6) is 0. The number of nitrogens with two attached hydrogens (primary N) is 1.